The van der Waals surface area contributed by atoms with Crippen molar-refractivity contribution in [3.63, 3.8) is 0 Å². The molecule has 1 amide bonds. The van der Waals surface area contributed by atoms with Crippen LogP contribution in [0.2, 0.25) is 0 Å². The first-order chi connectivity index (χ1) is 19.8. The Morgan fingerprint density at radius 3 is 1.90 bits per heavy atom. The van der Waals surface area contributed by atoms with E-state index in [-0.39, 0.29) is 25.7 Å². The van der Waals surface area contributed by atoms with Gasteiger partial charge >= 0.3 is 13.8 Å². The Bertz CT molecular complexity index is 866. The molecule has 0 spiro atoms. The molecule has 3 N–H and O–H groups in total. The maximum absolute atomic E-state index is 11.9. The zero-order valence-electron chi connectivity index (χ0n) is 25.0. The van der Waals surface area contributed by atoms with E-state index in [0.29, 0.717) is 6.42 Å². The third-order valence-corrected chi connectivity index (χ3v) is 6.50. The molecule has 0 heterocycles. The number of esters is 1. The molecule has 0 radical (unpaired) electrons. The van der Waals surface area contributed by atoms with Crippen LogP contribution in [0.4, 0.5) is 0 Å². The van der Waals surface area contributed by atoms with Gasteiger partial charge in [0.25, 0.3) is 0 Å². The highest BCUT2D eigenvalue weighted by Crippen LogP contribution is 2.42. The lowest BCUT2D eigenvalue weighted by Gasteiger charge is -2.15. The van der Waals surface area contributed by atoms with Crippen LogP contribution >= 0.6 is 7.82 Å². The van der Waals surface area contributed by atoms with Crippen molar-refractivity contribution in [3.05, 3.63) is 60.8 Å². The maximum atomic E-state index is 11.9. The predicted molar refractivity (Wildman–Crippen MR) is 164 cm³/mol. The summed E-state index contributed by atoms with van der Waals surface area (Å²) in [5.41, 5.74) is 0. The molecule has 0 aliphatic rings. The number of nitrogens with one attached hydrogen (secondary N) is 1. The number of aliphatic hydroxyl groups is 1. The Morgan fingerprint density at radius 1 is 0.780 bits per heavy atom. The van der Waals surface area contributed by atoms with Crippen LogP contribution in [0.15, 0.2) is 60.8 Å². The molecule has 0 aromatic carbocycles. The molecule has 0 aromatic heterocycles. The summed E-state index contributed by atoms with van der Waals surface area (Å²) in [4.78, 5) is 32.1. The van der Waals surface area contributed by atoms with Crippen LogP contribution in [-0.4, -0.2) is 54.3 Å². The van der Waals surface area contributed by atoms with Gasteiger partial charge in [-0.2, -0.15) is 0 Å². The number of rotatable bonds is 26. The van der Waals surface area contributed by atoms with Crippen molar-refractivity contribution < 1.29 is 37.9 Å². The van der Waals surface area contributed by atoms with Crippen molar-refractivity contribution in [2.24, 2.45) is 0 Å². The summed E-state index contributed by atoms with van der Waals surface area (Å²) in [5.74, 6) is -0.724. The summed E-state index contributed by atoms with van der Waals surface area (Å²) in [6, 6.07) is 0. The van der Waals surface area contributed by atoms with Crippen molar-refractivity contribution >= 4 is 19.7 Å². The summed E-state index contributed by atoms with van der Waals surface area (Å²) in [6.45, 7) is 2.29. The number of aliphatic hydroxyl groups excluding tert-OH is 1. The standard InChI is InChI=1S/C31H52NO8P/c1-3-4-5-6-7-8-9-10-11-12-13-14-15-16-17-18-19-20-21-22-23-24-31(35)32-25-26-39-41(36,37)40-28-30(34)27-38-29(2)33/h4-5,7-8,10-11,13-14,16-17,30,34H,3,6,9,12,15,18-28H2,1-2H3,(H,32,35)(H,36,37)/b5-4-,8-7-,11-10-,14-13-,17-16-. The van der Waals surface area contributed by atoms with Gasteiger partial charge in [-0.3, -0.25) is 18.6 Å². The average Bonchev–Trinajstić information content (AvgIpc) is 2.94. The second-order valence-corrected chi connectivity index (χ2v) is 10.9. The predicted octanol–water partition coefficient (Wildman–Crippen LogP) is 6.64. The smallest absolute Gasteiger partial charge is 0.463 e. The largest absolute Gasteiger partial charge is 0.472 e. The lowest BCUT2D eigenvalue weighted by atomic mass is 10.1. The van der Waals surface area contributed by atoms with Crippen molar-refractivity contribution in [2.75, 3.05) is 26.4 Å². The van der Waals surface area contributed by atoms with E-state index >= 15 is 0 Å². The highest BCUT2D eigenvalue weighted by molar-refractivity contribution is 7.47. The molecular weight excluding hydrogens is 545 g/mol. The summed E-state index contributed by atoms with van der Waals surface area (Å²) in [6.07, 6.45) is 32.4. The highest BCUT2D eigenvalue weighted by Gasteiger charge is 2.23. The minimum Gasteiger partial charge on any atom is -0.463 e. The van der Waals surface area contributed by atoms with Gasteiger partial charge in [0.05, 0.1) is 13.2 Å². The Balaban J connectivity index is 3.60. The van der Waals surface area contributed by atoms with E-state index in [1.54, 1.807) is 0 Å². The van der Waals surface area contributed by atoms with Gasteiger partial charge in [0, 0.05) is 19.9 Å². The van der Waals surface area contributed by atoms with Crippen molar-refractivity contribution in [1.82, 2.24) is 5.32 Å². The maximum Gasteiger partial charge on any atom is 0.472 e. The fraction of sp³-hybridized carbons (Fsp3) is 0.613. The zero-order chi connectivity index (χ0) is 30.4. The first-order valence-corrected chi connectivity index (χ1v) is 16.2. The van der Waals surface area contributed by atoms with Gasteiger partial charge in [0.1, 0.15) is 12.7 Å². The van der Waals surface area contributed by atoms with Crippen LogP contribution in [0.25, 0.3) is 0 Å². The van der Waals surface area contributed by atoms with Gasteiger partial charge in [-0.15, -0.1) is 0 Å². The lowest BCUT2D eigenvalue weighted by molar-refractivity contribution is -0.144. The molecule has 234 valence electrons. The van der Waals surface area contributed by atoms with Crippen molar-refractivity contribution in [1.29, 1.82) is 0 Å². The fourth-order valence-corrected chi connectivity index (χ4v) is 4.12. The number of hydrogen-bond donors (Lipinski definition) is 3. The van der Waals surface area contributed by atoms with Gasteiger partial charge in [-0.1, -0.05) is 86.9 Å². The quantitative estimate of drug-likeness (QED) is 0.0438. The fourth-order valence-electron chi connectivity index (χ4n) is 3.37. The van der Waals surface area contributed by atoms with E-state index in [1.165, 1.54) is 6.92 Å². The second kappa shape index (κ2) is 27.9. The van der Waals surface area contributed by atoms with Gasteiger partial charge < -0.3 is 20.1 Å². The summed E-state index contributed by atoms with van der Waals surface area (Å²) in [7, 11) is -4.38. The number of hydrogen-bond acceptors (Lipinski definition) is 7. The molecule has 9 nitrogen and oxygen atoms in total. The topological polar surface area (TPSA) is 131 Å². The summed E-state index contributed by atoms with van der Waals surface area (Å²) >= 11 is 0. The summed E-state index contributed by atoms with van der Waals surface area (Å²) < 4.78 is 25.7. The Labute approximate surface area is 247 Å². The Kier molecular flexibility index (Phi) is 26.3. The van der Waals surface area contributed by atoms with Crippen LogP contribution < -0.4 is 5.32 Å². The van der Waals surface area contributed by atoms with Gasteiger partial charge in [0.15, 0.2) is 0 Å². The van der Waals surface area contributed by atoms with E-state index in [4.69, 9.17) is 4.52 Å². The second-order valence-electron chi connectivity index (χ2n) is 9.42. The number of carbonyl (C=O) groups excluding carboxylic acids is 2. The Hall–Kier alpha value is -2.29. The molecule has 2 atom stereocenters. The van der Waals surface area contributed by atoms with Gasteiger partial charge in [-0.05, 0) is 51.4 Å². The van der Waals surface area contributed by atoms with Crippen LogP contribution in [0.3, 0.4) is 0 Å². The molecule has 0 aliphatic heterocycles. The SMILES string of the molecule is CC/C=C\C/C=C\C/C=C\C/C=C\C/C=C\CCCCCCCC(=O)NCCOP(=O)(O)OCC(O)COC(C)=O. The van der Waals surface area contributed by atoms with Crippen LogP contribution in [0.5, 0.6) is 0 Å². The average molecular weight is 598 g/mol. The van der Waals surface area contributed by atoms with Crippen LogP contribution in [0.1, 0.15) is 90.9 Å². The molecular formula is C31H52NO8P. The van der Waals surface area contributed by atoms with Gasteiger partial charge in [0.2, 0.25) is 5.91 Å². The molecule has 2 unspecified atom stereocenters. The van der Waals surface area contributed by atoms with Crippen LogP contribution in [0, 0.1) is 0 Å². The van der Waals surface area contributed by atoms with Gasteiger partial charge in [-0.25, -0.2) is 4.57 Å². The number of phosphoric acid groups is 1. The van der Waals surface area contributed by atoms with E-state index in [9.17, 15) is 24.2 Å². The normalized spacial score (nSPS) is 14.5. The summed E-state index contributed by atoms with van der Waals surface area (Å²) in [5, 5.41) is 12.1. The molecule has 41 heavy (non-hydrogen) atoms. The first-order valence-electron chi connectivity index (χ1n) is 14.7. The van der Waals surface area contributed by atoms with E-state index in [0.717, 1.165) is 70.6 Å². The number of ether oxygens (including phenoxy) is 1. The third kappa shape index (κ3) is 30.5. The monoisotopic (exact) mass is 597 g/mol. The minimum absolute atomic E-state index is 0.0655. The van der Waals surface area contributed by atoms with Crippen molar-refractivity contribution in [3.8, 4) is 0 Å². The van der Waals surface area contributed by atoms with E-state index in [2.05, 4.69) is 82.3 Å². The molecule has 0 aliphatic carbocycles. The molecule has 0 rings (SSSR count). The number of allylic oxidation sites excluding steroid dienone is 10. The Morgan fingerprint density at radius 2 is 1.32 bits per heavy atom. The molecule has 0 saturated heterocycles. The molecule has 10 heteroatoms. The molecule has 0 fully saturated rings. The molecule has 0 saturated carbocycles. The highest BCUT2D eigenvalue weighted by atomic mass is 31.2. The number of phosphoric ester groups is 1. The first kappa shape index (κ1) is 38.7. The number of unbranched alkanes of at least 4 members (excludes halogenated alkanes) is 5. The third-order valence-electron chi connectivity index (χ3n) is 5.52. The number of amides is 1. The van der Waals surface area contributed by atoms with Crippen LogP contribution in [-0.2, 0) is 27.9 Å². The zero-order valence-corrected chi connectivity index (χ0v) is 25.9. The molecule has 0 bridgehead atoms. The molecule has 0 aromatic rings. The minimum atomic E-state index is -4.38. The lowest BCUT2D eigenvalue weighted by Crippen LogP contribution is -2.27. The van der Waals surface area contributed by atoms with E-state index < -0.39 is 26.5 Å². The number of carbonyl (C=O) groups is 2. The van der Waals surface area contributed by atoms with E-state index in [1.807, 2.05) is 0 Å². The van der Waals surface area contributed by atoms with Crippen molar-refractivity contribution in [2.45, 2.75) is 97.0 Å².